The number of anilines is 1. The molecule has 21 heavy (non-hydrogen) atoms. The largest absolute Gasteiger partial charge is 0.482 e. The summed E-state index contributed by atoms with van der Waals surface area (Å²) in [5.41, 5.74) is 1.89. The van der Waals surface area contributed by atoms with Crippen molar-refractivity contribution in [3.63, 3.8) is 0 Å². The average Bonchev–Trinajstić information content (AvgIpc) is 2.41. The summed E-state index contributed by atoms with van der Waals surface area (Å²) in [4.78, 5) is 25.0. The van der Waals surface area contributed by atoms with E-state index >= 15 is 0 Å². The molecule has 1 fully saturated rings. The van der Waals surface area contributed by atoms with Crippen LogP contribution in [-0.2, 0) is 16.0 Å². The Hall–Kier alpha value is -2.04. The van der Waals surface area contributed by atoms with Crippen molar-refractivity contribution in [2.45, 2.75) is 25.7 Å². The van der Waals surface area contributed by atoms with Gasteiger partial charge in [-0.25, -0.2) is 0 Å². The van der Waals surface area contributed by atoms with E-state index in [1.807, 2.05) is 18.2 Å². The summed E-state index contributed by atoms with van der Waals surface area (Å²) in [6.07, 6.45) is 3.97. The van der Waals surface area contributed by atoms with Crippen LogP contribution in [0, 0.1) is 5.92 Å². The molecule has 0 spiro atoms. The number of nitrogens with zero attached hydrogens (tertiary/aromatic N) is 1. The number of fused-ring (bicyclic) bond motifs is 1. The van der Waals surface area contributed by atoms with Gasteiger partial charge in [0, 0.05) is 19.5 Å². The van der Waals surface area contributed by atoms with E-state index in [4.69, 9.17) is 4.74 Å². The fraction of sp³-hybridized carbons (Fsp3) is 0.500. The molecule has 1 aromatic rings. The van der Waals surface area contributed by atoms with Crippen molar-refractivity contribution in [2.24, 2.45) is 5.92 Å². The summed E-state index contributed by atoms with van der Waals surface area (Å²) in [6.45, 7) is 0.729. The lowest BCUT2D eigenvalue weighted by Crippen LogP contribution is -2.36. The van der Waals surface area contributed by atoms with E-state index in [1.54, 1.807) is 11.9 Å². The van der Waals surface area contributed by atoms with Crippen LogP contribution in [0.5, 0.6) is 5.75 Å². The predicted molar refractivity (Wildman–Crippen MR) is 79.4 cm³/mol. The number of amides is 2. The third-order valence-electron chi connectivity index (χ3n) is 4.30. The first kappa shape index (κ1) is 13.9. The second-order valence-corrected chi connectivity index (χ2v) is 5.71. The fourth-order valence-corrected chi connectivity index (χ4v) is 2.62. The second kappa shape index (κ2) is 5.76. The lowest BCUT2D eigenvalue weighted by Gasteiger charge is -2.26. The zero-order chi connectivity index (χ0) is 14.8. The standard InChI is InChI=1S/C16H20N2O3/c1-18-13-9-11(5-6-14(13)21-10-15(18)19)7-8-17-16(20)12-3-2-4-12/h5-6,9,12H,2-4,7-8,10H2,1H3,(H,17,20). The van der Waals surface area contributed by atoms with Crippen molar-refractivity contribution in [1.29, 1.82) is 0 Å². The molecule has 5 heteroatoms. The Morgan fingerprint density at radius 3 is 2.95 bits per heavy atom. The SMILES string of the molecule is CN1C(=O)COc2ccc(CCNC(=O)C3CCC3)cc21. The Morgan fingerprint density at radius 2 is 2.24 bits per heavy atom. The minimum atomic E-state index is -0.0436. The third kappa shape index (κ3) is 2.86. The minimum Gasteiger partial charge on any atom is -0.482 e. The number of rotatable bonds is 4. The molecular weight excluding hydrogens is 268 g/mol. The zero-order valence-corrected chi connectivity index (χ0v) is 12.2. The highest BCUT2D eigenvalue weighted by Crippen LogP contribution is 2.32. The normalized spacial score (nSPS) is 17.8. The van der Waals surface area contributed by atoms with E-state index in [2.05, 4.69) is 5.32 Å². The first-order chi connectivity index (χ1) is 10.1. The number of carbonyl (C=O) groups excluding carboxylic acids is 2. The van der Waals surface area contributed by atoms with Gasteiger partial charge in [-0.05, 0) is 37.0 Å². The van der Waals surface area contributed by atoms with Crippen LogP contribution in [0.1, 0.15) is 24.8 Å². The summed E-state index contributed by atoms with van der Waals surface area (Å²) in [6, 6.07) is 5.83. The van der Waals surface area contributed by atoms with Gasteiger partial charge in [-0.1, -0.05) is 12.5 Å². The molecule has 1 aliphatic heterocycles. The molecule has 3 rings (SSSR count). The predicted octanol–water partition coefficient (Wildman–Crippen LogP) is 1.50. The monoisotopic (exact) mass is 288 g/mol. The number of hydrogen-bond acceptors (Lipinski definition) is 3. The summed E-state index contributed by atoms with van der Waals surface area (Å²) in [7, 11) is 1.76. The molecule has 0 radical (unpaired) electrons. The molecular formula is C16H20N2O3. The highest BCUT2D eigenvalue weighted by molar-refractivity contribution is 5.97. The Labute approximate surface area is 124 Å². The zero-order valence-electron chi connectivity index (χ0n) is 12.2. The molecule has 0 saturated heterocycles. The van der Waals surface area contributed by atoms with E-state index in [1.165, 1.54) is 6.42 Å². The molecule has 0 unspecified atom stereocenters. The minimum absolute atomic E-state index is 0.0436. The molecule has 1 N–H and O–H groups in total. The molecule has 1 saturated carbocycles. The molecule has 1 heterocycles. The molecule has 5 nitrogen and oxygen atoms in total. The number of nitrogens with one attached hydrogen (secondary N) is 1. The first-order valence-corrected chi connectivity index (χ1v) is 7.45. The van der Waals surface area contributed by atoms with Gasteiger partial charge in [-0.15, -0.1) is 0 Å². The molecule has 0 atom stereocenters. The van der Waals surface area contributed by atoms with E-state index in [9.17, 15) is 9.59 Å². The fourth-order valence-electron chi connectivity index (χ4n) is 2.62. The maximum atomic E-state index is 11.8. The Balaban J connectivity index is 1.59. The molecule has 1 aliphatic carbocycles. The van der Waals surface area contributed by atoms with Gasteiger partial charge in [0.15, 0.2) is 6.61 Å². The van der Waals surface area contributed by atoms with Crippen LogP contribution in [0.4, 0.5) is 5.69 Å². The number of hydrogen-bond donors (Lipinski definition) is 1. The highest BCUT2D eigenvalue weighted by Gasteiger charge is 2.25. The maximum absolute atomic E-state index is 11.8. The molecule has 2 amide bonds. The van der Waals surface area contributed by atoms with Gasteiger partial charge in [-0.2, -0.15) is 0 Å². The quantitative estimate of drug-likeness (QED) is 0.913. The van der Waals surface area contributed by atoms with Gasteiger partial charge < -0.3 is 15.0 Å². The van der Waals surface area contributed by atoms with E-state index in [0.717, 1.165) is 36.3 Å². The maximum Gasteiger partial charge on any atom is 0.264 e. The van der Waals surface area contributed by atoms with Crippen molar-refractivity contribution < 1.29 is 14.3 Å². The van der Waals surface area contributed by atoms with Crippen molar-refractivity contribution in [3.05, 3.63) is 23.8 Å². The average molecular weight is 288 g/mol. The molecule has 2 aliphatic rings. The van der Waals surface area contributed by atoms with Crippen LogP contribution in [-0.4, -0.2) is 32.0 Å². The number of ether oxygens (including phenoxy) is 1. The van der Waals surface area contributed by atoms with Gasteiger partial charge in [0.1, 0.15) is 5.75 Å². The van der Waals surface area contributed by atoms with E-state index in [-0.39, 0.29) is 24.3 Å². The Morgan fingerprint density at radius 1 is 1.43 bits per heavy atom. The van der Waals surface area contributed by atoms with Crippen LogP contribution in [0.3, 0.4) is 0 Å². The summed E-state index contributed by atoms with van der Waals surface area (Å²) in [5, 5.41) is 2.98. The number of benzene rings is 1. The van der Waals surface area contributed by atoms with Crippen molar-refractivity contribution in [2.75, 3.05) is 25.1 Å². The Kier molecular flexibility index (Phi) is 3.82. The summed E-state index contributed by atoms with van der Waals surface area (Å²) < 4.78 is 5.40. The molecule has 0 bridgehead atoms. The van der Waals surface area contributed by atoms with Crippen molar-refractivity contribution >= 4 is 17.5 Å². The van der Waals surface area contributed by atoms with Gasteiger partial charge >= 0.3 is 0 Å². The van der Waals surface area contributed by atoms with Crippen LogP contribution in [0.15, 0.2) is 18.2 Å². The van der Waals surface area contributed by atoms with Gasteiger partial charge in [0.2, 0.25) is 5.91 Å². The number of likely N-dealkylation sites (N-methyl/N-ethyl adjacent to an activating group) is 1. The smallest absolute Gasteiger partial charge is 0.264 e. The highest BCUT2D eigenvalue weighted by atomic mass is 16.5. The van der Waals surface area contributed by atoms with E-state index in [0.29, 0.717) is 6.54 Å². The number of carbonyl (C=O) groups is 2. The lowest BCUT2D eigenvalue weighted by molar-refractivity contribution is -0.127. The van der Waals surface area contributed by atoms with E-state index < -0.39 is 0 Å². The third-order valence-corrected chi connectivity index (χ3v) is 4.30. The second-order valence-electron chi connectivity index (χ2n) is 5.71. The summed E-state index contributed by atoms with van der Waals surface area (Å²) in [5.74, 6) is 1.10. The first-order valence-electron chi connectivity index (χ1n) is 7.45. The molecule has 0 aromatic heterocycles. The van der Waals surface area contributed by atoms with Crippen molar-refractivity contribution in [1.82, 2.24) is 5.32 Å². The van der Waals surface area contributed by atoms with Gasteiger partial charge in [-0.3, -0.25) is 9.59 Å². The molecule has 112 valence electrons. The van der Waals surface area contributed by atoms with Crippen LogP contribution >= 0.6 is 0 Å². The summed E-state index contributed by atoms with van der Waals surface area (Å²) >= 11 is 0. The van der Waals surface area contributed by atoms with Gasteiger partial charge in [0.05, 0.1) is 5.69 Å². The molecule has 1 aromatic carbocycles. The van der Waals surface area contributed by atoms with Crippen LogP contribution in [0.2, 0.25) is 0 Å². The van der Waals surface area contributed by atoms with Gasteiger partial charge in [0.25, 0.3) is 5.91 Å². The topological polar surface area (TPSA) is 58.6 Å². The van der Waals surface area contributed by atoms with Crippen molar-refractivity contribution in [3.8, 4) is 5.75 Å². The lowest BCUT2D eigenvalue weighted by atomic mass is 9.85. The van der Waals surface area contributed by atoms with Crippen LogP contribution in [0.25, 0.3) is 0 Å². The van der Waals surface area contributed by atoms with Crippen LogP contribution < -0.4 is 15.0 Å². The Bertz CT molecular complexity index is 567.